The van der Waals surface area contributed by atoms with E-state index < -0.39 is 0 Å². The molecule has 0 radical (unpaired) electrons. The van der Waals surface area contributed by atoms with E-state index in [2.05, 4.69) is 84.5 Å². The molecule has 2 N–H and O–H groups in total. The molecule has 1 saturated carbocycles. The number of rotatable bonds is 9. The summed E-state index contributed by atoms with van der Waals surface area (Å²) in [6, 6.07) is 13.9. The smallest absolute Gasteiger partial charge is 0.251 e. The molecule has 2 aromatic carbocycles. The maximum absolute atomic E-state index is 14.3. The van der Waals surface area contributed by atoms with E-state index in [1.54, 1.807) is 0 Å². The van der Waals surface area contributed by atoms with Crippen LogP contribution in [0.2, 0.25) is 0 Å². The number of benzene rings is 2. The molecule has 3 aliphatic heterocycles. The van der Waals surface area contributed by atoms with Crippen molar-refractivity contribution in [1.82, 2.24) is 15.5 Å². The molecule has 3 saturated heterocycles. The van der Waals surface area contributed by atoms with Gasteiger partial charge in [-0.2, -0.15) is 11.8 Å². The van der Waals surface area contributed by atoms with Gasteiger partial charge in [-0.1, -0.05) is 69.7 Å². The summed E-state index contributed by atoms with van der Waals surface area (Å²) in [6.07, 6.45) is 12.3. The highest BCUT2D eigenvalue weighted by Gasteiger charge is 2.50. The average Bonchev–Trinajstić information content (AvgIpc) is 3.26. The first-order valence-electron chi connectivity index (χ1n) is 19.8. The molecule has 0 bridgehead atoms. The van der Waals surface area contributed by atoms with E-state index in [4.69, 9.17) is 4.74 Å². The molecule has 2 amide bonds. The predicted octanol–water partition coefficient (Wildman–Crippen LogP) is 7.84. The Labute approximate surface area is 306 Å². The van der Waals surface area contributed by atoms with E-state index in [9.17, 15) is 9.59 Å². The van der Waals surface area contributed by atoms with E-state index >= 15 is 0 Å². The first-order chi connectivity index (χ1) is 24.3. The second-order valence-electron chi connectivity index (χ2n) is 15.6. The highest BCUT2D eigenvalue weighted by Crippen LogP contribution is 2.48. The van der Waals surface area contributed by atoms with Gasteiger partial charge in [0.15, 0.2) is 0 Å². The van der Waals surface area contributed by atoms with Crippen LogP contribution in [0.3, 0.4) is 0 Å². The van der Waals surface area contributed by atoms with Gasteiger partial charge in [-0.25, -0.2) is 0 Å². The number of ether oxygens (including phenoxy) is 1. The molecule has 0 aromatic heterocycles. The van der Waals surface area contributed by atoms with E-state index in [0.29, 0.717) is 18.2 Å². The van der Waals surface area contributed by atoms with Crippen molar-refractivity contribution < 1.29 is 14.3 Å². The van der Waals surface area contributed by atoms with E-state index in [1.807, 2.05) is 11.8 Å². The van der Waals surface area contributed by atoms with E-state index in [1.165, 1.54) is 55.6 Å². The van der Waals surface area contributed by atoms with Crippen molar-refractivity contribution in [2.24, 2.45) is 17.3 Å². The normalized spacial score (nSPS) is 25.3. The summed E-state index contributed by atoms with van der Waals surface area (Å²) in [5, 5.41) is 6.69. The number of morpholine rings is 1. The number of amides is 2. The second kappa shape index (κ2) is 17.3. The van der Waals surface area contributed by atoms with Gasteiger partial charge < -0.3 is 20.3 Å². The topological polar surface area (TPSA) is 73.9 Å². The van der Waals surface area contributed by atoms with Crippen LogP contribution in [-0.4, -0.2) is 79.7 Å². The maximum atomic E-state index is 14.3. The lowest BCUT2D eigenvalue weighted by molar-refractivity contribution is -0.137. The number of piperidine rings is 1. The first-order valence-corrected chi connectivity index (χ1v) is 20.9. The third-order valence-electron chi connectivity index (χ3n) is 12.8. The highest BCUT2D eigenvalue weighted by molar-refractivity contribution is 7.99. The van der Waals surface area contributed by atoms with Crippen LogP contribution >= 0.6 is 11.8 Å². The molecule has 50 heavy (non-hydrogen) atoms. The molecule has 3 unspecified atom stereocenters. The number of anilines is 1. The lowest BCUT2D eigenvalue weighted by Crippen LogP contribution is -2.61. The van der Waals surface area contributed by atoms with Crippen molar-refractivity contribution >= 4 is 29.3 Å². The Morgan fingerprint density at radius 3 is 2.30 bits per heavy atom. The summed E-state index contributed by atoms with van der Waals surface area (Å²) in [6.45, 7) is 14.6. The molecule has 6 rings (SSSR count). The summed E-state index contributed by atoms with van der Waals surface area (Å²) in [5.74, 6) is 2.35. The minimum absolute atomic E-state index is 0.0769. The summed E-state index contributed by atoms with van der Waals surface area (Å²) < 4.78 is 5.54. The number of nitrogens with one attached hydrogen (secondary N) is 2. The largest absolute Gasteiger partial charge is 0.379 e. The van der Waals surface area contributed by atoms with Gasteiger partial charge in [-0.15, -0.1) is 0 Å². The minimum atomic E-state index is -0.232. The van der Waals surface area contributed by atoms with Gasteiger partial charge >= 0.3 is 0 Å². The van der Waals surface area contributed by atoms with E-state index in [0.717, 1.165) is 87.5 Å². The minimum Gasteiger partial charge on any atom is -0.379 e. The first kappa shape index (κ1) is 37.2. The zero-order valence-corrected chi connectivity index (χ0v) is 32.1. The molecule has 7 nitrogen and oxygen atoms in total. The molecule has 2 aromatic rings. The number of carbonyl (C=O) groups excluding carboxylic acids is 2. The van der Waals surface area contributed by atoms with Crippen molar-refractivity contribution in [3.05, 3.63) is 53.1 Å². The number of carbonyl (C=O) groups is 2. The fraction of sp³-hybridized carbons (Fsp3) is 0.667. The van der Waals surface area contributed by atoms with Crippen molar-refractivity contribution in [1.29, 1.82) is 0 Å². The Morgan fingerprint density at radius 2 is 1.64 bits per heavy atom. The van der Waals surface area contributed by atoms with Gasteiger partial charge in [0.2, 0.25) is 5.91 Å². The fourth-order valence-electron chi connectivity index (χ4n) is 9.52. The summed E-state index contributed by atoms with van der Waals surface area (Å²) >= 11 is 2.05. The van der Waals surface area contributed by atoms with Crippen LogP contribution in [0.1, 0.15) is 106 Å². The second-order valence-corrected chi connectivity index (χ2v) is 16.8. The fourth-order valence-corrected chi connectivity index (χ4v) is 10.6. The van der Waals surface area contributed by atoms with Gasteiger partial charge in [-0.05, 0) is 104 Å². The monoisotopic (exact) mass is 702 g/mol. The van der Waals surface area contributed by atoms with Gasteiger partial charge in [0.1, 0.15) is 0 Å². The standard InChI is InChI=1S/C42H62N4O3S/c1-5-46(36-16-24-50-25-17-36)39-27-35(34-14-12-33(13-15-34)29-45-20-22-49-23-21-45)26-37(30(39)2)40(47)43-28-38-31(3)42(32(4)44-41(38)48)18-10-8-6-7-9-11-19-42/h12-15,26-27,31-32,36,38H,5-11,16-25,28-29H2,1-4H3,(H,43,47)(H,44,48). The summed E-state index contributed by atoms with van der Waals surface area (Å²) in [5.41, 5.74) is 6.47. The third-order valence-corrected chi connectivity index (χ3v) is 13.8. The lowest BCUT2D eigenvalue weighted by Gasteiger charge is -2.51. The van der Waals surface area contributed by atoms with Gasteiger partial charge in [0, 0.05) is 56.1 Å². The molecule has 274 valence electrons. The average molecular weight is 703 g/mol. The Morgan fingerprint density at radius 1 is 0.980 bits per heavy atom. The van der Waals surface area contributed by atoms with Crippen LogP contribution in [-0.2, 0) is 16.1 Å². The van der Waals surface area contributed by atoms with Crippen LogP contribution in [0, 0.1) is 24.2 Å². The number of hydrogen-bond acceptors (Lipinski definition) is 6. The molecule has 3 heterocycles. The van der Waals surface area contributed by atoms with Crippen molar-refractivity contribution in [2.45, 2.75) is 111 Å². The van der Waals surface area contributed by atoms with Crippen LogP contribution in [0.4, 0.5) is 5.69 Å². The zero-order chi connectivity index (χ0) is 35.1. The van der Waals surface area contributed by atoms with Gasteiger partial charge in [0.05, 0.1) is 19.1 Å². The van der Waals surface area contributed by atoms with Crippen LogP contribution in [0.15, 0.2) is 36.4 Å². The third kappa shape index (κ3) is 8.39. The quantitative estimate of drug-likeness (QED) is 0.278. The van der Waals surface area contributed by atoms with Crippen LogP contribution in [0.5, 0.6) is 0 Å². The molecule has 1 aliphatic carbocycles. The molecular formula is C42H62N4O3S. The van der Waals surface area contributed by atoms with Gasteiger partial charge in [0.25, 0.3) is 5.91 Å². The summed E-state index contributed by atoms with van der Waals surface area (Å²) in [4.78, 5) is 32.9. The van der Waals surface area contributed by atoms with Crippen LogP contribution in [0.25, 0.3) is 11.1 Å². The summed E-state index contributed by atoms with van der Waals surface area (Å²) in [7, 11) is 0. The zero-order valence-electron chi connectivity index (χ0n) is 31.2. The number of hydrogen-bond donors (Lipinski definition) is 2. The number of thioether (sulfide) groups is 1. The Hall–Kier alpha value is -2.55. The lowest BCUT2D eigenvalue weighted by atomic mass is 9.59. The van der Waals surface area contributed by atoms with Crippen molar-refractivity contribution in [3.8, 4) is 11.1 Å². The molecule has 8 heteroatoms. The van der Waals surface area contributed by atoms with Crippen LogP contribution < -0.4 is 15.5 Å². The van der Waals surface area contributed by atoms with Gasteiger partial charge in [-0.3, -0.25) is 14.5 Å². The van der Waals surface area contributed by atoms with E-state index in [-0.39, 0.29) is 35.1 Å². The Balaban J connectivity index is 1.26. The predicted molar refractivity (Wildman–Crippen MR) is 208 cm³/mol. The van der Waals surface area contributed by atoms with Crippen molar-refractivity contribution in [2.75, 3.05) is 55.8 Å². The molecule has 4 aliphatic rings. The SMILES string of the molecule is CCN(c1cc(-c2ccc(CN3CCOCC3)cc2)cc(C(=O)NCC2C(=O)NC(C)C3(CCCCCCCC3)C2C)c1C)C1CCSCC1. The number of nitrogens with zero attached hydrogens (tertiary/aromatic N) is 2. The Bertz CT molecular complexity index is 1430. The highest BCUT2D eigenvalue weighted by atomic mass is 32.2. The Kier molecular flexibility index (Phi) is 12.9. The molecule has 1 spiro atoms. The van der Waals surface area contributed by atoms with Crippen molar-refractivity contribution in [3.63, 3.8) is 0 Å². The molecule has 4 fully saturated rings. The molecule has 3 atom stereocenters. The molecular weight excluding hydrogens is 641 g/mol. The maximum Gasteiger partial charge on any atom is 0.251 e.